The second-order valence-electron chi connectivity index (χ2n) is 4.56. The van der Waals surface area contributed by atoms with Gasteiger partial charge in [-0.2, -0.15) is 0 Å². The van der Waals surface area contributed by atoms with Crippen molar-refractivity contribution in [3.8, 4) is 0 Å². The summed E-state index contributed by atoms with van der Waals surface area (Å²) in [4.78, 5) is 9.06. The molecule has 92 valence electrons. The van der Waals surface area contributed by atoms with Crippen molar-refractivity contribution in [1.82, 2.24) is 19.9 Å². The first-order valence-corrected chi connectivity index (χ1v) is 6.26. The molecule has 2 rings (SSSR count). The van der Waals surface area contributed by atoms with Gasteiger partial charge in [-0.3, -0.25) is 0 Å². The fourth-order valence-corrected chi connectivity index (χ4v) is 1.89. The first kappa shape index (κ1) is 12.0. The summed E-state index contributed by atoms with van der Waals surface area (Å²) in [6.07, 6.45) is 2.92. The zero-order valence-electron chi connectivity index (χ0n) is 10.8. The monoisotopic (exact) mass is 232 g/mol. The molecule has 0 aliphatic carbocycles. The van der Waals surface area contributed by atoms with Crippen LogP contribution in [0.25, 0.3) is 11.2 Å². The maximum Gasteiger partial charge on any atom is 0.160 e. The van der Waals surface area contributed by atoms with Gasteiger partial charge in [0.25, 0.3) is 0 Å². The molecule has 2 heterocycles. The van der Waals surface area contributed by atoms with E-state index in [4.69, 9.17) is 0 Å². The molecule has 4 nitrogen and oxygen atoms in total. The molecule has 1 N–H and O–H groups in total. The number of nitrogens with zero attached hydrogens (tertiary/aromatic N) is 3. The van der Waals surface area contributed by atoms with E-state index in [1.54, 1.807) is 0 Å². The highest BCUT2D eigenvalue weighted by atomic mass is 15.1. The fraction of sp³-hybridized carbons (Fsp3) is 0.538. The first-order chi connectivity index (χ1) is 8.22. The third kappa shape index (κ3) is 2.64. The van der Waals surface area contributed by atoms with Crippen molar-refractivity contribution in [3.05, 3.63) is 24.2 Å². The fourth-order valence-electron chi connectivity index (χ4n) is 1.89. The van der Waals surface area contributed by atoms with Crippen molar-refractivity contribution < 1.29 is 0 Å². The third-order valence-electron chi connectivity index (χ3n) is 2.70. The molecule has 0 atom stereocenters. The predicted octanol–water partition coefficient (Wildman–Crippen LogP) is 2.34. The largest absolute Gasteiger partial charge is 0.312 e. The summed E-state index contributed by atoms with van der Waals surface area (Å²) in [5.41, 5.74) is 1.98. The average molecular weight is 232 g/mol. The van der Waals surface area contributed by atoms with Crippen LogP contribution in [0.4, 0.5) is 0 Å². The van der Waals surface area contributed by atoms with Gasteiger partial charge in [-0.15, -0.1) is 0 Å². The molecule has 2 aromatic rings. The molecule has 0 unspecified atom stereocenters. The van der Waals surface area contributed by atoms with Gasteiger partial charge in [0.15, 0.2) is 5.65 Å². The minimum atomic E-state index is 0.470. The lowest BCUT2D eigenvalue weighted by atomic mass is 10.4. The van der Waals surface area contributed by atoms with Crippen molar-refractivity contribution in [2.75, 3.05) is 0 Å². The van der Waals surface area contributed by atoms with Gasteiger partial charge in [-0.25, -0.2) is 9.97 Å². The van der Waals surface area contributed by atoms with Crippen LogP contribution in [-0.2, 0) is 13.1 Å². The molecular formula is C13H20N4. The number of pyridine rings is 1. The third-order valence-corrected chi connectivity index (χ3v) is 2.70. The highest BCUT2D eigenvalue weighted by Crippen LogP contribution is 2.14. The SMILES string of the molecule is CCCn1c(CNC(C)C)nc2cccnc21. The van der Waals surface area contributed by atoms with Gasteiger partial charge >= 0.3 is 0 Å². The molecule has 0 aromatic carbocycles. The Morgan fingerprint density at radius 2 is 2.24 bits per heavy atom. The summed E-state index contributed by atoms with van der Waals surface area (Å²) >= 11 is 0. The summed E-state index contributed by atoms with van der Waals surface area (Å²) in [5.74, 6) is 1.08. The molecule has 0 saturated heterocycles. The number of fused-ring (bicyclic) bond motifs is 1. The number of hydrogen-bond donors (Lipinski definition) is 1. The summed E-state index contributed by atoms with van der Waals surface area (Å²) in [6, 6.07) is 4.43. The van der Waals surface area contributed by atoms with Crippen molar-refractivity contribution in [2.45, 2.75) is 46.3 Å². The molecule has 0 saturated carbocycles. The van der Waals surface area contributed by atoms with Gasteiger partial charge in [0.2, 0.25) is 0 Å². The smallest absolute Gasteiger partial charge is 0.160 e. The molecule has 0 amide bonds. The lowest BCUT2D eigenvalue weighted by molar-refractivity contribution is 0.545. The van der Waals surface area contributed by atoms with Crippen LogP contribution >= 0.6 is 0 Å². The molecule has 0 aliphatic heterocycles. The summed E-state index contributed by atoms with van der Waals surface area (Å²) in [5, 5.41) is 3.41. The van der Waals surface area contributed by atoms with Gasteiger partial charge in [0.05, 0.1) is 6.54 Å². The maximum atomic E-state index is 4.64. The minimum Gasteiger partial charge on any atom is -0.312 e. The quantitative estimate of drug-likeness (QED) is 0.860. The Morgan fingerprint density at radius 1 is 1.41 bits per heavy atom. The molecule has 0 fully saturated rings. The molecular weight excluding hydrogens is 212 g/mol. The minimum absolute atomic E-state index is 0.470. The normalized spacial score (nSPS) is 11.5. The summed E-state index contributed by atoms with van der Waals surface area (Å²) in [6.45, 7) is 8.24. The maximum absolute atomic E-state index is 4.64. The first-order valence-electron chi connectivity index (χ1n) is 6.26. The molecule has 0 radical (unpaired) electrons. The number of rotatable bonds is 5. The Bertz CT molecular complexity index is 487. The van der Waals surface area contributed by atoms with E-state index in [1.165, 1.54) is 0 Å². The van der Waals surface area contributed by atoms with E-state index >= 15 is 0 Å². The van der Waals surface area contributed by atoms with E-state index in [1.807, 2.05) is 18.3 Å². The second kappa shape index (κ2) is 5.27. The Labute approximate surface area is 102 Å². The van der Waals surface area contributed by atoms with Crippen LogP contribution in [0.3, 0.4) is 0 Å². The lowest BCUT2D eigenvalue weighted by Gasteiger charge is -2.10. The van der Waals surface area contributed by atoms with E-state index in [9.17, 15) is 0 Å². The second-order valence-corrected chi connectivity index (χ2v) is 4.56. The topological polar surface area (TPSA) is 42.7 Å². The zero-order chi connectivity index (χ0) is 12.3. The Hall–Kier alpha value is -1.42. The number of aromatic nitrogens is 3. The van der Waals surface area contributed by atoms with Crippen LogP contribution in [0.2, 0.25) is 0 Å². The molecule has 0 spiro atoms. The van der Waals surface area contributed by atoms with Gasteiger partial charge < -0.3 is 9.88 Å². The van der Waals surface area contributed by atoms with E-state index in [2.05, 4.69) is 40.6 Å². The van der Waals surface area contributed by atoms with E-state index in [-0.39, 0.29) is 0 Å². The highest BCUT2D eigenvalue weighted by Gasteiger charge is 2.10. The highest BCUT2D eigenvalue weighted by molar-refractivity contribution is 5.71. The molecule has 0 bridgehead atoms. The van der Waals surface area contributed by atoms with Crippen molar-refractivity contribution in [3.63, 3.8) is 0 Å². The summed E-state index contributed by atoms with van der Waals surface area (Å²) in [7, 11) is 0. The Balaban J connectivity index is 2.35. The number of aryl methyl sites for hydroxylation is 1. The van der Waals surface area contributed by atoms with Gasteiger partial charge in [0, 0.05) is 18.8 Å². The number of imidazole rings is 1. The Kier molecular flexibility index (Phi) is 3.74. The van der Waals surface area contributed by atoms with E-state index < -0.39 is 0 Å². The molecule has 2 aromatic heterocycles. The molecule has 17 heavy (non-hydrogen) atoms. The van der Waals surface area contributed by atoms with Gasteiger partial charge in [-0.05, 0) is 18.6 Å². The van der Waals surface area contributed by atoms with Gasteiger partial charge in [-0.1, -0.05) is 20.8 Å². The van der Waals surface area contributed by atoms with Crippen molar-refractivity contribution in [2.24, 2.45) is 0 Å². The number of nitrogens with one attached hydrogen (secondary N) is 1. The van der Waals surface area contributed by atoms with E-state index in [0.717, 1.165) is 36.5 Å². The van der Waals surface area contributed by atoms with Gasteiger partial charge in [0.1, 0.15) is 11.3 Å². The van der Waals surface area contributed by atoms with Crippen LogP contribution in [0, 0.1) is 0 Å². The molecule has 4 heteroatoms. The zero-order valence-corrected chi connectivity index (χ0v) is 10.8. The van der Waals surface area contributed by atoms with Crippen LogP contribution in [-0.4, -0.2) is 20.6 Å². The average Bonchev–Trinajstić information content (AvgIpc) is 2.66. The Morgan fingerprint density at radius 3 is 2.94 bits per heavy atom. The summed E-state index contributed by atoms with van der Waals surface area (Å²) < 4.78 is 2.21. The van der Waals surface area contributed by atoms with Crippen LogP contribution in [0.15, 0.2) is 18.3 Å². The van der Waals surface area contributed by atoms with E-state index in [0.29, 0.717) is 6.04 Å². The van der Waals surface area contributed by atoms with Crippen molar-refractivity contribution in [1.29, 1.82) is 0 Å². The predicted molar refractivity (Wildman–Crippen MR) is 69.8 cm³/mol. The van der Waals surface area contributed by atoms with Crippen LogP contribution < -0.4 is 5.32 Å². The van der Waals surface area contributed by atoms with Crippen molar-refractivity contribution >= 4 is 11.2 Å². The standard InChI is InChI=1S/C13H20N4/c1-4-8-17-12(9-15-10(2)3)16-11-6-5-7-14-13(11)17/h5-7,10,15H,4,8-9H2,1-3H3. The van der Waals surface area contributed by atoms with Crippen LogP contribution in [0.1, 0.15) is 33.0 Å². The lowest BCUT2D eigenvalue weighted by Crippen LogP contribution is -2.24. The molecule has 0 aliphatic rings. The number of hydrogen-bond acceptors (Lipinski definition) is 3. The van der Waals surface area contributed by atoms with Crippen LogP contribution in [0.5, 0.6) is 0 Å².